The van der Waals surface area contributed by atoms with E-state index < -0.39 is 12.1 Å². The molecule has 0 aliphatic rings. The number of alkyl carbamates (subject to hydrolysis) is 1. The zero-order valence-electron chi connectivity index (χ0n) is 11.0. The van der Waals surface area contributed by atoms with E-state index in [1.807, 2.05) is 27.7 Å². The van der Waals surface area contributed by atoms with Gasteiger partial charge in [0.25, 0.3) is 0 Å². The minimum Gasteiger partial charge on any atom is -0.447 e. The van der Waals surface area contributed by atoms with E-state index in [4.69, 9.17) is 4.74 Å². The van der Waals surface area contributed by atoms with Gasteiger partial charge in [0.1, 0.15) is 0 Å². The summed E-state index contributed by atoms with van der Waals surface area (Å²) in [5.41, 5.74) is 0. The summed E-state index contributed by atoms with van der Waals surface area (Å²) in [5, 5.41) is 2.62. The lowest BCUT2D eigenvalue weighted by Crippen LogP contribution is -2.46. The predicted octanol–water partition coefficient (Wildman–Crippen LogP) is 2.37. The van der Waals surface area contributed by atoms with Crippen LogP contribution in [-0.4, -0.2) is 24.0 Å². The van der Waals surface area contributed by atoms with Crippen LogP contribution in [-0.2, 0) is 9.53 Å². The van der Waals surface area contributed by atoms with E-state index >= 15 is 0 Å². The molecular formula is C12H23NO3. The third-order valence-corrected chi connectivity index (χ3v) is 2.16. The van der Waals surface area contributed by atoms with Gasteiger partial charge in [-0.1, -0.05) is 27.7 Å². The van der Waals surface area contributed by atoms with Crippen LogP contribution in [0.3, 0.4) is 0 Å². The molecular weight excluding hydrogens is 206 g/mol. The average molecular weight is 229 g/mol. The molecule has 0 rings (SSSR count). The quantitative estimate of drug-likeness (QED) is 0.787. The predicted molar refractivity (Wildman–Crippen MR) is 63.2 cm³/mol. The molecule has 16 heavy (non-hydrogen) atoms. The van der Waals surface area contributed by atoms with Crippen LogP contribution in [0.15, 0.2) is 0 Å². The third kappa shape index (κ3) is 5.14. The Bertz CT molecular complexity index is 247. The molecule has 0 spiro atoms. The fraction of sp³-hybridized carbons (Fsp3) is 0.833. The molecule has 0 saturated heterocycles. The summed E-state index contributed by atoms with van der Waals surface area (Å²) in [6.45, 7) is 11.0. The van der Waals surface area contributed by atoms with Crippen molar-refractivity contribution in [3.63, 3.8) is 0 Å². The monoisotopic (exact) mass is 229 g/mol. The lowest BCUT2D eigenvalue weighted by atomic mass is 9.93. The normalized spacial score (nSPS) is 13.1. The van der Waals surface area contributed by atoms with Crippen LogP contribution in [0.1, 0.15) is 41.5 Å². The van der Waals surface area contributed by atoms with Crippen LogP contribution < -0.4 is 5.32 Å². The molecule has 0 bridgehead atoms. The fourth-order valence-corrected chi connectivity index (χ4v) is 1.30. The van der Waals surface area contributed by atoms with Crippen LogP contribution in [0.25, 0.3) is 0 Å². The van der Waals surface area contributed by atoms with Gasteiger partial charge in [0.05, 0.1) is 12.1 Å². The summed E-state index contributed by atoms with van der Waals surface area (Å²) < 4.78 is 4.96. The Balaban J connectivity index is 4.46. The second-order valence-electron chi connectivity index (χ2n) is 4.88. The van der Waals surface area contributed by atoms with E-state index in [0.29, 0.717) is 0 Å². The molecule has 0 aliphatic carbocycles. The Labute approximate surface area is 97.7 Å². The second-order valence-corrected chi connectivity index (χ2v) is 4.88. The molecule has 94 valence electrons. The zero-order chi connectivity index (χ0) is 12.9. The van der Waals surface area contributed by atoms with Gasteiger partial charge in [-0.05, 0) is 19.8 Å². The van der Waals surface area contributed by atoms with Crippen molar-refractivity contribution in [3.8, 4) is 0 Å². The third-order valence-electron chi connectivity index (χ3n) is 2.16. The van der Waals surface area contributed by atoms with Crippen molar-refractivity contribution >= 4 is 11.9 Å². The number of hydrogen-bond acceptors (Lipinski definition) is 3. The smallest absolute Gasteiger partial charge is 0.407 e. The van der Waals surface area contributed by atoms with Gasteiger partial charge < -0.3 is 10.1 Å². The molecule has 1 atom stereocenters. The SMILES string of the molecule is CC(C)OC(=O)NC(C(=O)C(C)C)C(C)C. The summed E-state index contributed by atoms with van der Waals surface area (Å²) in [4.78, 5) is 23.2. The Kier molecular flexibility index (Phi) is 6.08. The van der Waals surface area contributed by atoms with Crippen molar-refractivity contribution < 1.29 is 14.3 Å². The molecule has 0 radical (unpaired) electrons. The summed E-state index contributed by atoms with van der Waals surface area (Å²) in [7, 11) is 0. The van der Waals surface area contributed by atoms with Crippen LogP contribution in [0, 0.1) is 11.8 Å². The van der Waals surface area contributed by atoms with Gasteiger partial charge in [0, 0.05) is 5.92 Å². The topological polar surface area (TPSA) is 55.4 Å². The Morgan fingerprint density at radius 1 is 1.00 bits per heavy atom. The second kappa shape index (κ2) is 6.51. The highest BCUT2D eigenvalue weighted by atomic mass is 16.6. The van der Waals surface area contributed by atoms with Gasteiger partial charge in [-0.2, -0.15) is 0 Å². The summed E-state index contributed by atoms with van der Waals surface area (Å²) in [6.07, 6.45) is -0.704. The van der Waals surface area contributed by atoms with Gasteiger partial charge in [-0.3, -0.25) is 4.79 Å². The molecule has 4 heteroatoms. The van der Waals surface area contributed by atoms with Crippen molar-refractivity contribution in [3.05, 3.63) is 0 Å². The van der Waals surface area contributed by atoms with Crippen molar-refractivity contribution in [2.45, 2.75) is 53.7 Å². The highest BCUT2D eigenvalue weighted by Crippen LogP contribution is 2.09. The molecule has 4 nitrogen and oxygen atoms in total. The maximum absolute atomic E-state index is 11.8. The van der Waals surface area contributed by atoms with E-state index in [2.05, 4.69) is 5.32 Å². The highest BCUT2D eigenvalue weighted by molar-refractivity contribution is 5.89. The lowest BCUT2D eigenvalue weighted by molar-refractivity contribution is -0.124. The van der Waals surface area contributed by atoms with Gasteiger partial charge >= 0.3 is 6.09 Å². The van der Waals surface area contributed by atoms with Crippen LogP contribution in [0.2, 0.25) is 0 Å². The zero-order valence-corrected chi connectivity index (χ0v) is 11.0. The number of ether oxygens (including phenoxy) is 1. The van der Waals surface area contributed by atoms with Gasteiger partial charge in [-0.25, -0.2) is 4.79 Å². The molecule has 0 aliphatic heterocycles. The molecule has 1 N–H and O–H groups in total. The molecule has 0 heterocycles. The largest absolute Gasteiger partial charge is 0.447 e. The number of nitrogens with one attached hydrogen (secondary N) is 1. The molecule has 0 saturated carbocycles. The Morgan fingerprint density at radius 2 is 1.50 bits per heavy atom. The molecule has 0 aromatic carbocycles. The van der Waals surface area contributed by atoms with Crippen LogP contribution in [0.4, 0.5) is 4.79 Å². The Morgan fingerprint density at radius 3 is 1.81 bits per heavy atom. The van der Waals surface area contributed by atoms with Crippen molar-refractivity contribution in [2.75, 3.05) is 0 Å². The molecule has 0 aromatic rings. The molecule has 0 fully saturated rings. The molecule has 1 unspecified atom stereocenters. The standard InChI is InChI=1S/C12H23NO3/c1-7(2)10(11(14)8(3)4)13-12(15)16-9(5)6/h7-10H,1-6H3,(H,13,15). The van der Waals surface area contributed by atoms with Gasteiger partial charge in [0.15, 0.2) is 5.78 Å². The summed E-state index contributed by atoms with van der Waals surface area (Å²) >= 11 is 0. The van der Waals surface area contributed by atoms with Crippen LogP contribution in [0.5, 0.6) is 0 Å². The molecule has 1 amide bonds. The minimum absolute atomic E-state index is 0.0377. The Hall–Kier alpha value is -1.06. The average Bonchev–Trinajstić information content (AvgIpc) is 2.11. The number of amides is 1. The minimum atomic E-state index is -0.525. The number of hydrogen-bond donors (Lipinski definition) is 1. The van der Waals surface area contributed by atoms with E-state index in [-0.39, 0.29) is 23.7 Å². The number of Topliss-reactive ketones (excluding diaryl/α,β-unsaturated/α-hetero) is 1. The number of rotatable bonds is 5. The van der Waals surface area contributed by atoms with E-state index in [1.54, 1.807) is 13.8 Å². The van der Waals surface area contributed by atoms with Crippen molar-refractivity contribution in [2.24, 2.45) is 11.8 Å². The maximum Gasteiger partial charge on any atom is 0.407 e. The van der Waals surface area contributed by atoms with Crippen molar-refractivity contribution in [1.29, 1.82) is 0 Å². The van der Waals surface area contributed by atoms with Gasteiger partial charge in [0.2, 0.25) is 0 Å². The fourth-order valence-electron chi connectivity index (χ4n) is 1.30. The summed E-state index contributed by atoms with van der Waals surface area (Å²) in [6, 6.07) is -0.466. The first-order valence-corrected chi connectivity index (χ1v) is 5.76. The number of ketones is 1. The summed E-state index contributed by atoms with van der Waals surface area (Å²) in [5.74, 6) is 0.0112. The van der Waals surface area contributed by atoms with Crippen molar-refractivity contribution in [1.82, 2.24) is 5.32 Å². The highest BCUT2D eigenvalue weighted by Gasteiger charge is 2.26. The number of carbonyl (C=O) groups excluding carboxylic acids is 2. The first kappa shape index (κ1) is 14.9. The lowest BCUT2D eigenvalue weighted by Gasteiger charge is -2.23. The number of carbonyl (C=O) groups is 2. The van der Waals surface area contributed by atoms with E-state index in [1.165, 1.54) is 0 Å². The maximum atomic E-state index is 11.8. The van der Waals surface area contributed by atoms with Crippen LogP contribution >= 0.6 is 0 Å². The van der Waals surface area contributed by atoms with E-state index in [0.717, 1.165) is 0 Å². The van der Waals surface area contributed by atoms with Gasteiger partial charge in [-0.15, -0.1) is 0 Å². The molecule has 0 aromatic heterocycles. The van der Waals surface area contributed by atoms with E-state index in [9.17, 15) is 9.59 Å². The first-order chi connectivity index (χ1) is 7.25. The first-order valence-electron chi connectivity index (χ1n) is 5.76.